The van der Waals surface area contributed by atoms with Gasteiger partial charge < -0.3 is 15.0 Å². The predicted octanol–water partition coefficient (Wildman–Crippen LogP) is 3.64. The number of H-pyrrole nitrogens is 1. The highest BCUT2D eigenvalue weighted by Gasteiger charge is 2.28. The molecular formula is C14H11F3N4O. The molecule has 3 aromatic rings. The van der Waals surface area contributed by atoms with E-state index in [0.29, 0.717) is 5.69 Å². The van der Waals surface area contributed by atoms with Gasteiger partial charge in [0.2, 0.25) is 11.8 Å². The third-order valence-electron chi connectivity index (χ3n) is 2.82. The number of aromatic nitrogens is 3. The molecule has 22 heavy (non-hydrogen) atoms. The van der Waals surface area contributed by atoms with Gasteiger partial charge >= 0.3 is 6.18 Å². The SMILES string of the molecule is FC(F)(F)COc1ccnc(Nc2ccc3cc[nH]c3c2)n1. The molecule has 2 heterocycles. The Kier molecular flexibility index (Phi) is 3.58. The summed E-state index contributed by atoms with van der Waals surface area (Å²) in [5.41, 5.74) is 1.64. The number of halogens is 3. The number of rotatable bonds is 4. The average molecular weight is 308 g/mol. The molecule has 0 bridgehead atoms. The fourth-order valence-corrected chi connectivity index (χ4v) is 1.89. The number of benzene rings is 1. The van der Waals surface area contributed by atoms with E-state index in [9.17, 15) is 13.2 Å². The van der Waals surface area contributed by atoms with Gasteiger partial charge in [0.25, 0.3) is 0 Å². The smallest absolute Gasteiger partial charge is 0.422 e. The fourth-order valence-electron chi connectivity index (χ4n) is 1.89. The molecule has 2 N–H and O–H groups in total. The van der Waals surface area contributed by atoms with Gasteiger partial charge in [0.15, 0.2) is 6.61 Å². The Morgan fingerprint density at radius 2 is 2.05 bits per heavy atom. The summed E-state index contributed by atoms with van der Waals surface area (Å²) in [5, 5.41) is 3.97. The highest BCUT2D eigenvalue weighted by Crippen LogP contribution is 2.21. The van der Waals surface area contributed by atoms with Crippen LogP contribution in [0.4, 0.5) is 24.8 Å². The summed E-state index contributed by atoms with van der Waals surface area (Å²) in [6, 6.07) is 8.77. The maximum absolute atomic E-state index is 12.1. The molecule has 1 aromatic carbocycles. The summed E-state index contributed by atoms with van der Waals surface area (Å²) in [7, 11) is 0. The van der Waals surface area contributed by atoms with Crippen LogP contribution < -0.4 is 10.1 Å². The van der Waals surface area contributed by atoms with Gasteiger partial charge in [0.05, 0.1) is 0 Å². The van der Waals surface area contributed by atoms with Crippen LogP contribution in [0.5, 0.6) is 5.88 Å². The summed E-state index contributed by atoms with van der Waals surface area (Å²) < 4.78 is 40.9. The van der Waals surface area contributed by atoms with Crippen LogP contribution in [0.3, 0.4) is 0 Å². The lowest BCUT2D eigenvalue weighted by atomic mass is 10.2. The Labute approximate surface area is 123 Å². The molecule has 114 valence electrons. The predicted molar refractivity (Wildman–Crippen MR) is 75.2 cm³/mol. The Morgan fingerprint density at radius 3 is 2.86 bits per heavy atom. The van der Waals surface area contributed by atoms with Crippen molar-refractivity contribution in [2.75, 3.05) is 11.9 Å². The number of fused-ring (bicyclic) bond motifs is 1. The average Bonchev–Trinajstić information content (AvgIpc) is 2.92. The third kappa shape index (κ3) is 3.46. The Bertz CT molecular complexity index is 785. The lowest BCUT2D eigenvalue weighted by Crippen LogP contribution is -2.19. The minimum Gasteiger partial charge on any atom is -0.468 e. The van der Waals surface area contributed by atoms with E-state index < -0.39 is 12.8 Å². The Hall–Kier alpha value is -2.77. The molecule has 0 fully saturated rings. The number of hydrogen-bond donors (Lipinski definition) is 2. The molecule has 0 spiro atoms. The molecule has 0 radical (unpaired) electrons. The van der Waals surface area contributed by atoms with Gasteiger partial charge in [-0.1, -0.05) is 6.07 Å². The fraction of sp³-hybridized carbons (Fsp3) is 0.143. The molecular weight excluding hydrogens is 297 g/mol. The van der Waals surface area contributed by atoms with E-state index in [2.05, 4.69) is 25.0 Å². The van der Waals surface area contributed by atoms with Crippen molar-refractivity contribution in [2.45, 2.75) is 6.18 Å². The monoisotopic (exact) mass is 308 g/mol. The maximum Gasteiger partial charge on any atom is 0.422 e. The number of alkyl halides is 3. The van der Waals surface area contributed by atoms with Crippen molar-refractivity contribution in [3.05, 3.63) is 42.7 Å². The van der Waals surface area contributed by atoms with Gasteiger partial charge in [-0.15, -0.1) is 0 Å². The van der Waals surface area contributed by atoms with E-state index in [4.69, 9.17) is 0 Å². The second kappa shape index (κ2) is 5.55. The largest absolute Gasteiger partial charge is 0.468 e. The van der Waals surface area contributed by atoms with Crippen LogP contribution in [0.25, 0.3) is 10.9 Å². The summed E-state index contributed by atoms with van der Waals surface area (Å²) in [6.07, 6.45) is -1.26. The van der Waals surface area contributed by atoms with Crippen molar-refractivity contribution in [1.82, 2.24) is 15.0 Å². The molecule has 0 unspecified atom stereocenters. The summed E-state index contributed by atoms with van der Waals surface area (Å²) in [5.74, 6) is 0.0151. The van der Waals surface area contributed by atoms with Gasteiger partial charge in [-0.05, 0) is 23.6 Å². The lowest BCUT2D eigenvalue weighted by molar-refractivity contribution is -0.154. The van der Waals surface area contributed by atoms with Crippen LogP contribution in [0.1, 0.15) is 0 Å². The second-order valence-electron chi connectivity index (χ2n) is 4.53. The molecule has 0 atom stereocenters. The van der Waals surface area contributed by atoms with Crippen LogP contribution in [-0.4, -0.2) is 27.7 Å². The number of nitrogens with one attached hydrogen (secondary N) is 2. The quantitative estimate of drug-likeness (QED) is 0.772. The Balaban J connectivity index is 1.74. The molecule has 2 aromatic heterocycles. The maximum atomic E-state index is 12.1. The summed E-state index contributed by atoms with van der Waals surface area (Å²) in [4.78, 5) is 10.9. The normalized spacial score (nSPS) is 11.6. The third-order valence-corrected chi connectivity index (χ3v) is 2.82. The van der Waals surface area contributed by atoms with E-state index in [-0.39, 0.29) is 11.8 Å². The van der Waals surface area contributed by atoms with Crippen molar-refractivity contribution in [1.29, 1.82) is 0 Å². The highest BCUT2D eigenvalue weighted by molar-refractivity contribution is 5.83. The van der Waals surface area contributed by atoms with Crippen LogP contribution >= 0.6 is 0 Å². The van der Waals surface area contributed by atoms with E-state index in [1.165, 1.54) is 12.3 Å². The number of hydrogen-bond acceptors (Lipinski definition) is 4. The molecule has 0 amide bonds. The zero-order chi connectivity index (χ0) is 15.6. The molecule has 0 saturated carbocycles. The minimum absolute atomic E-state index is 0.143. The van der Waals surface area contributed by atoms with Gasteiger partial charge in [-0.3, -0.25) is 0 Å². The van der Waals surface area contributed by atoms with Crippen LogP contribution in [0, 0.1) is 0 Å². The van der Waals surface area contributed by atoms with Crippen LogP contribution in [-0.2, 0) is 0 Å². The Morgan fingerprint density at radius 1 is 1.18 bits per heavy atom. The van der Waals surface area contributed by atoms with E-state index in [0.717, 1.165) is 10.9 Å². The van der Waals surface area contributed by atoms with Crippen LogP contribution in [0.15, 0.2) is 42.7 Å². The first-order chi connectivity index (χ1) is 10.5. The number of aromatic amines is 1. The standard InChI is InChI=1S/C14H11F3N4O/c15-14(16,17)8-22-12-4-6-19-13(21-12)20-10-2-1-9-3-5-18-11(9)7-10/h1-7,18H,8H2,(H,19,20,21). The first-order valence-electron chi connectivity index (χ1n) is 6.36. The van der Waals surface area contributed by atoms with Crippen LogP contribution in [0.2, 0.25) is 0 Å². The van der Waals surface area contributed by atoms with Gasteiger partial charge in [-0.25, -0.2) is 4.98 Å². The lowest BCUT2D eigenvalue weighted by Gasteiger charge is -2.09. The van der Waals surface area contributed by atoms with E-state index in [1.807, 2.05) is 30.5 Å². The van der Waals surface area contributed by atoms with E-state index >= 15 is 0 Å². The minimum atomic E-state index is -4.41. The van der Waals surface area contributed by atoms with Crippen molar-refractivity contribution < 1.29 is 17.9 Å². The zero-order valence-corrected chi connectivity index (χ0v) is 11.2. The summed E-state index contributed by atoms with van der Waals surface area (Å²) in [6.45, 7) is -1.39. The summed E-state index contributed by atoms with van der Waals surface area (Å²) >= 11 is 0. The van der Waals surface area contributed by atoms with Crippen molar-refractivity contribution >= 4 is 22.5 Å². The van der Waals surface area contributed by atoms with Crippen molar-refractivity contribution in [3.8, 4) is 5.88 Å². The molecule has 0 aliphatic heterocycles. The topological polar surface area (TPSA) is 62.8 Å². The van der Waals surface area contributed by atoms with Crippen molar-refractivity contribution in [3.63, 3.8) is 0 Å². The van der Waals surface area contributed by atoms with Gasteiger partial charge in [0.1, 0.15) is 0 Å². The molecule has 0 aliphatic rings. The van der Waals surface area contributed by atoms with Gasteiger partial charge in [0, 0.05) is 29.7 Å². The number of ether oxygens (including phenoxy) is 1. The second-order valence-corrected chi connectivity index (χ2v) is 4.53. The van der Waals surface area contributed by atoms with E-state index in [1.54, 1.807) is 0 Å². The first kappa shape index (κ1) is 14.2. The molecule has 8 heteroatoms. The van der Waals surface area contributed by atoms with Crippen molar-refractivity contribution in [2.24, 2.45) is 0 Å². The zero-order valence-electron chi connectivity index (χ0n) is 11.2. The molecule has 0 saturated heterocycles. The number of anilines is 2. The highest BCUT2D eigenvalue weighted by atomic mass is 19.4. The first-order valence-corrected chi connectivity index (χ1v) is 6.36. The molecule has 0 aliphatic carbocycles. The van der Waals surface area contributed by atoms with Gasteiger partial charge in [-0.2, -0.15) is 18.2 Å². The molecule has 5 nitrogen and oxygen atoms in total. The number of nitrogens with zero attached hydrogens (tertiary/aromatic N) is 2. The molecule has 3 rings (SSSR count).